The van der Waals surface area contributed by atoms with Gasteiger partial charge in [-0.2, -0.15) is 0 Å². The number of aromatic nitrogens is 1. The third-order valence-electron chi connectivity index (χ3n) is 4.63. The molecule has 1 N–H and O–H groups in total. The average Bonchev–Trinajstić information content (AvgIpc) is 2.60. The molecule has 1 saturated heterocycles. The molecule has 0 spiro atoms. The van der Waals surface area contributed by atoms with Crippen molar-refractivity contribution in [2.24, 2.45) is 0 Å². The normalized spacial score (nSPS) is 15.4. The second kappa shape index (κ2) is 7.14. The number of hydrogen-bond donors (Lipinski definition) is 1. The summed E-state index contributed by atoms with van der Waals surface area (Å²) in [5.41, 5.74) is 1.06. The fraction of sp³-hybridized carbons (Fsp3) is 0.444. The summed E-state index contributed by atoms with van der Waals surface area (Å²) in [6, 6.07) is 5.89. The standard InChI is InChI=1S/C18H24N4O3/c1-20-7-9-22(10-8-20)14-11-19-18(21(2)12-16(23)24)17-13(14)5-4-6-15(17)25-3/h4-6,11H,7-10,12H2,1-3H3,(H,23,24). The van der Waals surface area contributed by atoms with Gasteiger partial charge in [0.1, 0.15) is 18.1 Å². The highest BCUT2D eigenvalue weighted by molar-refractivity contribution is 6.04. The van der Waals surface area contributed by atoms with Gasteiger partial charge in [-0.25, -0.2) is 4.98 Å². The number of rotatable bonds is 5. The van der Waals surface area contributed by atoms with E-state index in [9.17, 15) is 4.79 Å². The molecule has 0 saturated carbocycles. The van der Waals surface area contributed by atoms with Gasteiger partial charge >= 0.3 is 5.97 Å². The fourth-order valence-corrected chi connectivity index (χ4v) is 3.27. The molecular formula is C18H24N4O3. The Morgan fingerprint density at radius 1 is 1.32 bits per heavy atom. The first kappa shape index (κ1) is 17.3. The van der Waals surface area contributed by atoms with E-state index >= 15 is 0 Å². The van der Waals surface area contributed by atoms with Gasteiger partial charge < -0.3 is 24.5 Å². The number of carboxylic acid groups (broad SMARTS) is 1. The molecule has 1 aromatic carbocycles. The Labute approximate surface area is 147 Å². The molecule has 7 nitrogen and oxygen atoms in total. The van der Waals surface area contributed by atoms with Crippen LogP contribution in [0.2, 0.25) is 0 Å². The van der Waals surface area contributed by atoms with Gasteiger partial charge in [-0.15, -0.1) is 0 Å². The van der Waals surface area contributed by atoms with Gasteiger partial charge in [0.15, 0.2) is 0 Å². The molecule has 25 heavy (non-hydrogen) atoms. The highest BCUT2D eigenvalue weighted by atomic mass is 16.5. The molecule has 0 radical (unpaired) electrons. The predicted octanol–water partition coefficient (Wildman–Crippen LogP) is 1.52. The van der Waals surface area contributed by atoms with Crippen LogP contribution in [0.4, 0.5) is 11.5 Å². The second-order valence-electron chi connectivity index (χ2n) is 6.39. The van der Waals surface area contributed by atoms with Crippen LogP contribution in [0.15, 0.2) is 24.4 Å². The van der Waals surface area contributed by atoms with Crippen LogP contribution in [0.5, 0.6) is 5.75 Å². The SMILES string of the molecule is COc1cccc2c(N3CCN(C)CC3)cnc(N(C)CC(=O)O)c12. The Morgan fingerprint density at radius 3 is 2.68 bits per heavy atom. The zero-order valence-electron chi connectivity index (χ0n) is 14.9. The topological polar surface area (TPSA) is 69.1 Å². The van der Waals surface area contributed by atoms with E-state index in [0.29, 0.717) is 11.6 Å². The maximum absolute atomic E-state index is 11.1. The summed E-state index contributed by atoms with van der Waals surface area (Å²) in [5.74, 6) is 0.427. The lowest BCUT2D eigenvalue weighted by Crippen LogP contribution is -2.44. The van der Waals surface area contributed by atoms with Crippen LogP contribution in [0, 0.1) is 0 Å². The van der Waals surface area contributed by atoms with E-state index < -0.39 is 5.97 Å². The summed E-state index contributed by atoms with van der Waals surface area (Å²) in [5, 5.41) is 11.0. The molecule has 1 aliphatic heterocycles. The van der Waals surface area contributed by atoms with Crippen molar-refractivity contribution in [1.29, 1.82) is 0 Å². The van der Waals surface area contributed by atoms with E-state index in [1.54, 1.807) is 19.1 Å². The van der Waals surface area contributed by atoms with Crippen molar-refractivity contribution in [3.05, 3.63) is 24.4 Å². The number of pyridine rings is 1. The summed E-state index contributed by atoms with van der Waals surface area (Å²) in [6.45, 7) is 3.77. The fourth-order valence-electron chi connectivity index (χ4n) is 3.27. The zero-order valence-corrected chi connectivity index (χ0v) is 14.9. The van der Waals surface area contributed by atoms with Crippen LogP contribution in [-0.2, 0) is 4.79 Å². The smallest absolute Gasteiger partial charge is 0.323 e. The maximum Gasteiger partial charge on any atom is 0.323 e. The van der Waals surface area contributed by atoms with Crippen LogP contribution >= 0.6 is 0 Å². The number of methoxy groups -OCH3 is 1. The predicted molar refractivity (Wildman–Crippen MR) is 98.9 cm³/mol. The van der Waals surface area contributed by atoms with Crippen LogP contribution < -0.4 is 14.5 Å². The van der Waals surface area contributed by atoms with Crippen LogP contribution in [0.1, 0.15) is 0 Å². The lowest BCUT2D eigenvalue weighted by molar-refractivity contribution is -0.135. The first-order valence-electron chi connectivity index (χ1n) is 8.33. The Balaban J connectivity index is 2.11. The molecule has 0 aliphatic carbocycles. The van der Waals surface area contributed by atoms with Gasteiger partial charge in [0.2, 0.25) is 0 Å². The van der Waals surface area contributed by atoms with E-state index in [-0.39, 0.29) is 6.54 Å². The number of carboxylic acids is 1. The van der Waals surface area contributed by atoms with Gasteiger partial charge in [-0.3, -0.25) is 4.79 Å². The first-order valence-corrected chi connectivity index (χ1v) is 8.33. The van der Waals surface area contributed by atoms with E-state index in [1.807, 2.05) is 24.4 Å². The summed E-state index contributed by atoms with van der Waals surface area (Å²) >= 11 is 0. The quantitative estimate of drug-likeness (QED) is 0.882. The maximum atomic E-state index is 11.1. The average molecular weight is 344 g/mol. The number of fused-ring (bicyclic) bond motifs is 1. The lowest BCUT2D eigenvalue weighted by atomic mass is 10.1. The molecule has 1 fully saturated rings. The molecule has 0 unspecified atom stereocenters. The minimum atomic E-state index is -0.893. The number of ether oxygens (including phenoxy) is 1. The number of piperazine rings is 1. The van der Waals surface area contributed by atoms with Crippen molar-refractivity contribution in [3.63, 3.8) is 0 Å². The molecule has 2 aromatic rings. The Bertz CT molecular complexity index is 772. The number of benzene rings is 1. The highest BCUT2D eigenvalue weighted by Gasteiger charge is 2.21. The van der Waals surface area contributed by atoms with Gasteiger partial charge in [-0.1, -0.05) is 12.1 Å². The second-order valence-corrected chi connectivity index (χ2v) is 6.39. The molecule has 3 rings (SSSR count). The minimum Gasteiger partial charge on any atom is -0.496 e. The van der Waals surface area contributed by atoms with Gasteiger partial charge in [0.05, 0.1) is 24.4 Å². The van der Waals surface area contributed by atoms with Crippen molar-refractivity contribution >= 4 is 28.2 Å². The number of anilines is 2. The first-order chi connectivity index (χ1) is 12.0. The molecule has 134 valence electrons. The van der Waals surface area contributed by atoms with Crippen LogP contribution in [0.3, 0.4) is 0 Å². The van der Waals surface area contributed by atoms with Gasteiger partial charge in [0.25, 0.3) is 0 Å². The number of aliphatic carboxylic acids is 1. The number of likely N-dealkylation sites (N-methyl/N-ethyl adjacent to an activating group) is 2. The van der Waals surface area contributed by atoms with Crippen molar-refractivity contribution < 1.29 is 14.6 Å². The Morgan fingerprint density at radius 2 is 2.04 bits per heavy atom. The zero-order chi connectivity index (χ0) is 18.0. The third-order valence-corrected chi connectivity index (χ3v) is 4.63. The van der Waals surface area contributed by atoms with Crippen molar-refractivity contribution in [2.45, 2.75) is 0 Å². The van der Waals surface area contributed by atoms with E-state index in [0.717, 1.165) is 42.6 Å². The Kier molecular flexibility index (Phi) is 4.94. The van der Waals surface area contributed by atoms with Crippen molar-refractivity contribution in [1.82, 2.24) is 9.88 Å². The van der Waals surface area contributed by atoms with Crippen LogP contribution in [0.25, 0.3) is 10.8 Å². The van der Waals surface area contributed by atoms with E-state index in [2.05, 4.69) is 21.8 Å². The number of nitrogens with zero attached hydrogens (tertiary/aromatic N) is 4. The van der Waals surface area contributed by atoms with E-state index in [4.69, 9.17) is 9.84 Å². The van der Waals surface area contributed by atoms with Gasteiger partial charge in [0, 0.05) is 38.6 Å². The molecule has 0 atom stereocenters. The number of carbonyl (C=O) groups is 1. The summed E-state index contributed by atoms with van der Waals surface area (Å²) in [6.07, 6.45) is 1.85. The number of hydrogen-bond acceptors (Lipinski definition) is 6. The molecule has 2 heterocycles. The molecule has 0 bridgehead atoms. The van der Waals surface area contributed by atoms with Crippen molar-refractivity contribution in [2.75, 3.05) is 63.7 Å². The largest absolute Gasteiger partial charge is 0.496 e. The lowest BCUT2D eigenvalue weighted by Gasteiger charge is -2.35. The molecule has 1 aromatic heterocycles. The molecule has 7 heteroatoms. The molecule has 1 aliphatic rings. The van der Waals surface area contributed by atoms with Crippen LogP contribution in [-0.4, -0.2) is 74.9 Å². The van der Waals surface area contributed by atoms with E-state index in [1.165, 1.54) is 0 Å². The highest BCUT2D eigenvalue weighted by Crippen LogP contribution is 2.38. The molecule has 0 amide bonds. The summed E-state index contributed by atoms with van der Waals surface area (Å²) < 4.78 is 5.54. The summed E-state index contributed by atoms with van der Waals surface area (Å²) in [4.78, 5) is 22.0. The van der Waals surface area contributed by atoms with Gasteiger partial charge in [-0.05, 0) is 13.1 Å². The monoisotopic (exact) mass is 344 g/mol. The molecular weight excluding hydrogens is 320 g/mol. The summed E-state index contributed by atoms with van der Waals surface area (Å²) in [7, 11) is 5.48. The van der Waals surface area contributed by atoms with Crippen molar-refractivity contribution in [3.8, 4) is 5.75 Å². The Hall–Kier alpha value is -2.54. The minimum absolute atomic E-state index is 0.117. The third kappa shape index (κ3) is 3.46.